The molecule has 72 valence electrons. The molecule has 1 aliphatic rings. The Kier molecular flexibility index (Phi) is 2.70. The van der Waals surface area contributed by atoms with Gasteiger partial charge in [-0.3, -0.25) is 9.59 Å². The first kappa shape index (κ1) is 9.77. The van der Waals surface area contributed by atoms with Crippen molar-refractivity contribution in [1.82, 2.24) is 10.6 Å². The quantitative estimate of drug-likeness (QED) is 0.477. The van der Waals surface area contributed by atoms with Crippen LogP contribution in [0.2, 0.25) is 0 Å². The smallest absolute Gasteiger partial charge is 0.285 e. The molecule has 0 radical (unpaired) electrons. The van der Waals surface area contributed by atoms with Crippen LogP contribution >= 0.6 is 0 Å². The molecule has 0 bridgehead atoms. The van der Waals surface area contributed by atoms with Gasteiger partial charge in [0.2, 0.25) is 6.29 Å². The average Bonchev–Trinajstić information content (AvgIpc) is 2.10. The summed E-state index contributed by atoms with van der Waals surface area (Å²) in [5, 5.41) is 5.66. The molecule has 0 spiro atoms. The molecule has 1 aliphatic heterocycles. The van der Waals surface area contributed by atoms with E-state index in [1.54, 1.807) is 0 Å². The van der Waals surface area contributed by atoms with E-state index in [4.69, 9.17) is 0 Å². The maximum Gasteiger partial charge on any atom is 0.285 e. The van der Waals surface area contributed by atoms with Crippen LogP contribution in [0.1, 0.15) is 26.7 Å². The summed E-state index contributed by atoms with van der Waals surface area (Å²) < 4.78 is 0. The molecule has 0 aliphatic carbocycles. The maximum atomic E-state index is 10.8. The van der Waals surface area contributed by atoms with Crippen molar-refractivity contribution in [2.24, 2.45) is 0 Å². The van der Waals surface area contributed by atoms with Gasteiger partial charge in [-0.1, -0.05) is 5.57 Å². The molecule has 0 saturated carbocycles. The zero-order valence-electron chi connectivity index (χ0n) is 7.89. The molecule has 13 heavy (non-hydrogen) atoms. The molecule has 4 heteroatoms. The molecule has 2 N–H and O–H groups in total. The molecule has 0 fully saturated rings. The molecule has 1 atom stereocenters. The Morgan fingerprint density at radius 2 is 2.46 bits per heavy atom. The highest BCUT2D eigenvalue weighted by Crippen LogP contribution is 2.18. The summed E-state index contributed by atoms with van der Waals surface area (Å²) in [6.45, 7) is 3.88. The third-order valence-electron chi connectivity index (χ3n) is 2.16. The van der Waals surface area contributed by atoms with Crippen LogP contribution in [0.4, 0.5) is 0 Å². The Bertz CT molecular complexity index is 260. The number of hydrogen-bond acceptors (Lipinski definition) is 3. The first-order chi connectivity index (χ1) is 6.06. The van der Waals surface area contributed by atoms with E-state index in [1.807, 2.05) is 20.0 Å². The normalized spacial score (nSPS) is 27.1. The molecule has 0 saturated heterocycles. The molecule has 1 amide bonds. The van der Waals surface area contributed by atoms with Crippen molar-refractivity contribution in [3.05, 3.63) is 11.8 Å². The third-order valence-corrected chi connectivity index (χ3v) is 2.16. The summed E-state index contributed by atoms with van der Waals surface area (Å²) in [4.78, 5) is 21.0. The molecule has 0 aromatic heterocycles. The number of allylic oxidation sites excluding steroid dienone is 1. The zero-order valence-corrected chi connectivity index (χ0v) is 7.89. The van der Waals surface area contributed by atoms with E-state index >= 15 is 0 Å². The summed E-state index contributed by atoms with van der Waals surface area (Å²) in [5.41, 5.74) is 0.773. The van der Waals surface area contributed by atoms with Gasteiger partial charge in [-0.25, -0.2) is 0 Å². The van der Waals surface area contributed by atoms with Gasteiger partial charge in [-0.15, -0.1) is 0 Å². The highest BCUT2D eigenvalue weighted by atomic mass is 16.2. The van der Waals surface area contributed by atoms with Gasteiger partial charge >= 0.3 is 0 Å². The van der Waals surface area contributed by atoms with Crippen LogP contribution in [0.15, 0.2) is 11.8 Å². The Morgan fingerprint density at radius 1 is 1.77 bits per heavy atom. The molecule has 1 heterocycles. The second-order valence-corrected chi connectivity index (χ2v) is 3.57. The maximum absolute atomic E-state index is 10.8. The van der Waals surface area contributed by atoms with Crippen LogP contribution in [0.3, 0.4) is 0 Å². The van der Waals surface area contributed by atoms with E-state index in [0.29, 0.717) is 0 Å². The number of rotatable bonds is 2. The minimum Gasteiger partial charge on any atom is -0.369 e. The third kappa shape index (κ3) is 2.57. The van der Waals surface area contributed by atoms with Gasteiger partial charge in [-0.05, 0) is 32.9 Å². The van der Waals surface area contributed by atoms with Crippen LogP contribution in [-0.2, 0) is 9.59 Å². The van der Waals surface area contributed by atoms with Gasteiger partial charge in [0, 0.05) is 0 Å². The van der Waals surface area contributed by atoms with Crippen molar-refractivity contribution in [2.45, 2.75) is 32.4 Å². The van der Waals surface area contributed by atoms with E-state index in [0.717, 1.165) is 12.8 Å². The number of aldehydes is 1. The van der Waals surface area contributed by atoms with Gasteiger partial charge in [0.15, 0.2) is 0 Å². The lowest BCUT2D eigenvalue weighted by Crippen LogP contribution is -2.56. The standard InChI is InChI=1S/C9H14N2O2/c1-7-3-4-9(2,10-5-7)11-8(13)6-12/h5-6,10H,3-4H2,1-2H3,(H,11,13). The van der Waals surface area contributed by atoms with E-state index < -0.39 is 11.6 Å². The van der Waals surface area contributed by atoms with Gasteiger partial charge in [0.05, 0.1) is 0 Å². The molecular weight excluding hydrogens is 168 g/mol. The fourth-order valence-electron chi connectivity index (χ4n) is 1.27. The van der Waals surface area contributed by atoms with Crippen LogP contribution in [0.25, 0.3) is 0 Å². The van der Waals surface area contributed by atoms with Crippen molar-refractivity contribution < 1.29 is 9.59 Å². The first-order valence-corrected chi connectivity index (χ1v) is 4.26. The summed E-state index contributed by atoms with van der Waals surface area (Å²) >= 11 is 0. The lowest BCUT2D eigenvalue weighted by molar-refractivity contribution is -0.132. The fourth-order valence-corrected chi connectivity index (χ4v) is 1.27. The lowest BCUT2D eigenvalue weighted by atomic mass is 9.99. The van der Waals surface area contributed by atoms with Gasteiger partial charge in [-0.2, -0.15) is 0 Å². The van der Waals surface area contributed by atoms with Crippen LogP contribution < -0.4 is 10.6 Å². The lowest BCUT2D eigenvalue weighted by Gasteiger charge is -2.34. The highest BCUT2D eigenvalue weighted by molar-refractivity contribution is 6.23. The number of carbonyl (C=O) groups excluding carboxylic acids is 2. The number of nitrogens with one attached hydrogen (secondary N) is 2. The van der Waals surface area contributed by atoms with Crippen LogP contribution in [-0.4, -0.2) is 17.9 Å². The summed E-state index contributed by atoms with van der Waals surface area (Å²) in [6.07, 6.45) is 3.89. The summed E-state index contributed by atoms with van der Waals surface area (Å²) in [7, 11) is 0. The molecule has 1 rings (SSSR count). The van der Waals surface area contributed by atoms with Gasteiger partial charge < -0.3 is 10.6 Å². The molecular formula is C9H14N2O2. The number of hydrogen-bond donors (Lipinski definition) is 2. The minimum atomic E-state index is -0.581. The SMILES string of the molecule is CC1=CNC(C)(NC(=O)C=O)CC1. The minimum absolute atomic E-state index is 0.290. The van der Waals surface area contributed by atoms with Gasteiger partial charge in [0.1, 0.15) is 5.66 Å². The molecule has 0 aromatic rings. The number of amides is 1. The molecule has 0 aromatic carbocycles. The Balaban J connectivity index is 2.58. The van der Waals surface area contributed by atoms with Crippen molar-refractivity contribution >= 4 is 12.2 Å². The Hall–Kier alpha value is -1.32. The Morgan fingerprint density at radius 3 is 2.92 bits per heavy atom. The monoisotopic (exact) mass is 182 g/mol. The average molecular weight is 182 g/mol. The van der Waals surface area contributed by atoms with Crippen molar-refractivity contribution in [3.8, 4) is 0 Å². The second kappa shape index (κ2) is 3.60. The van der Waals surface area contributed by atoms with Crippen LogP contribution in [0.5, 0.6) is 0 Å². The van der Waals surface area contributed by atoms with Gasteiger partial charge in [0.25, 0.3) is 5.91 Å². The first-order valence-electron chi connectivity index (χ1n) is 4.26. The highest BCUT2D eigenvalue weighted by Gasteiger charge is 2.26. The van der Waals surface area contributed by atoms with Crippen LogP contribution in [0, 0.1) is 0 Å². The second-order valence-electron chi connectivity index (χ2n) is 3.57. The largest absolute Gasteiger partial charge is 0.369 e. The van der Waals surface area contributed by atoms with Crippen molar-refractivity contribution in [2.75, 3.05) is 0 Å². The predicted octanol–water partition coefficient (Wildman–Crippen LogP) is 0.305. The molecule has 4 nitrogen and oxygen atoms in total. The summed E-state index contributed by atoms with van der Waals surface area (Å²) in [5.74, 6) is -0.581. The fraction of sp³-hybridized carbons (Fsp3) is 0.556. The van der Waals surface area contributed by atoms with Crippen molar-refractivity contribution in [3.63, 3.8) is 0 Å². The topological polar surface area (TPSA) is 58.2 Å². The number of carbonyl (C=O) groups is 2. The van der Waals surface area contributed by atoms with E-state index in [-0.39, 0.29) is 6.29 Å². The van der Waals surface area contributed by atoms with E-state index in [1.165, 1.54) is 5.57 Å². The van der Waals surface area contributed by atoms with Crippen molar-refractivity contribution in [1.29, 1.82) is 0 Å². The Labute approximate surface area is 77.4 Å². The molecule has 1 unspecified atom stereocenters. The zero-order chi connectivity index (χ0) is 9.90. The van der Waals surface area contributed by atoms with E-state index in [9.17, 15) is 9.59 Å². The predicted molar refractivity (Wildman–Crippen MR) is 48.7 cm³/mol. The van der Waals surface area contributed by atoms with E-state index in [2.05, 4.69) is 10.6 Å². The summed E-state index contributed by atoms with van der Waals surface area (Å²) in [6, 6.07) is 0.